The lowest BCUT2D eigenvalue weighted by atomic mass is 9.99. The van der Waals surface area contributed by atoms with Crippen LogP contribution in [0, 0.1) is 0 Å². The Hall–Kier alpha value is -0.870. The molecule has 0 amide bonds. The third-order valence-corrected chi connectivity index (χ3v) is 6.18. The Balaban J connectivity index is 2.20. The molecule has 0 radical (unpaired) electrons. The fraction of sp³-hybridized carbons (Fsp3) is 0.625. The molecule has 1 aliphatic rings. The predicted molar refractivity (Wildman–Crippen MR) is 82.4 cm³/mol. The molecule has 2 rings (SSSR count). The van der Waals surface area contributed by atoms with E-state index in [2.05, 4.69) is 13.8 Å². The van der Waals surface area contributed by atoms with Gasteiger partial charge in [-0.05, 0) is 42.9 Å². The SMILES string of the molecule is CCC(C)c1ccc(S(=O)(=O)N2CCCCCC2)cc1. The van der Waals surface area contributed by atoms with Crippen molar-refractivity contribution < 1.29 is 8.42 Å². The summed E-state index contributed by atoms with van der Waals surface area (Å²) in [7, 11) is -3.30. The van der Waals surface area contributed by atoms with Crippen molar-refractivity contribution in [1.82, 2.24) is 4.31 Å². The first-order valence-electron chi connectivity index (χ1n) is 7.66. The number of hydrogen-bond acceptors (Lipinski definition) is 2. The Morgan fingerprint density at radius 2 is 1.60 bits per heavy atom. The van der Waals surface area contributed by atoms with Gasteiger partial charge in [-0.25, -0.2) is 8.42 Å². The van der Waals surface area contributed by atoms with Gasteiger partial charge in [-0.1, -0.05) is 38.8 Å². The standard InChI is InChI=1S/C16H25NO2S/c1-3-14(2)15-8-10-16(11-9-15)20(18,19)17-12-6-4-5-7-13-17/h8-11,14H,3-7,12-13H2,1-2H3. The van der Waals surface area contributed by atoms with Crippen LogP contribution in [-0.2, 0) is 10.0 Å². The molecule has 0 spiro atoms. The monoisotopic (exact) mass is 295 g/mol. The van der Waals surface area contributed by atoms with Gasteiger partial charge in [0.05, 0.1) is 4.90 Å². The first-order chi connectivity index (χ1) is 9.55. The summed E-state index contributed by atoms with van der Waals surface area (Å²) in [6, 6.07) is 7.45. The second kappa shape index (κ2) is 6.72. The second-order valence-corrected chi connectivity index (χ2v) is 7.63. The van der Waals surface area contributed by atoms with Gasteiger partial charge in [0.2, 0.25) is 10.0 Å². The van der Waals surface area contributed by atoms with Crippen molar-refractivity contribution in [2.45, 2.75) is 56.8 Å². The number of sulfonamides is 1. The maximum Gasteiger partial charge on any atom is 0.243 e. The molecule has 112 valence electrons. The van der Waals surface area contributed by atoms with Crippen LogP contribution in [0.1, 0.15) is 57.4 Å². The first kappa shape index (κ1) is 15.5. The number of nitrogens with zero attached hydrogens (tertiary/aromatic N) is 1. The van der Waals surface area contributed by atoms with E-state index in [1.807, 2.05) is 12.1 Å². The van der Waals surface area contributed by atoms with Crippen LogP contribution in [0.3, 0.4) is 0 Å². The molecule has 4 heteroatoms. The molecule has 3 nitrogen and oxygen atoms in total. The first-order valence-corrected chi connectivity index (χ1v) is 9.10. The van der Waals surface area contributed by atoms with Gasteiger partial charge in [-0.2, -0.15) is 4.31 Å². The molecule has 0 bridgehead atoms. The summed E-state index contributed by atoms with van der Waals surface area (Å²) in [6.45, 7) is 5.63. The van der Waals surface area contributed by atoms with Crippen LogP contribution in [0.4, 0.5) is 0 Å². The summed E-state index contributed by atoms with van der Waals surface area (Å²) >= 11 is 0. The van der Waals surface area contributed by atoms with Crippen LogP contribution < -0.4 is 0 Å². The average molecular weight is 295 g/mol. The largest absolute Gasteiger partial charge is 0.243 e. The summed E-state index contributed by atoms with van der Waals surface area (Å²) in [5, 5.41) is 0. The third kappa shape index (κ3) is 3.41. The van der Waals surface area contributed by atoms with Gasteiger partial charge >= 0.3 is 0 Å². The van der Waals surface area contributed by atoms with Crippen LogP contribution in [0.25, 0.3) is 0 Å². The third-order valence-electron chi connectivity index (χ3n) is 4.26. The minimum absolute atomic E-state index is 0.437. The lowest BCUT2D eigenvalue weighted by Gasteiger charge is -2.20. The summed E-state index contributed by atoms with van der Waals surface area (Å²) < 4.78 is 26.9. The molecular weight excluding hydrogens is 270 g/mol. The van der Waals surface area contributed by atoms with Crippen molar-refractivity contribution in [1.29, 1.82) is 0 Å². The fourth-order valence-electron chi connectivity index (χ4n) is 2.64. The van der Waals surface area contributed by atoms with Gasteiger partial charge in [-0.15, -0.1) is 0 Å². The Bertz CT molecular complexity index is 514. The Kier molecular flexibility index (Phi) is 5.22. The van der Waals surface area contributed by atoms with E-state index < -0.39 is 10.0 Å². The summed E-state index contributed by atoms with van der Waals surface area (Å²) in [5.41, 5.74) is 1.21. The lowest BCUT2D eigenvalue weighted by molar-refractivity contribution is 0.423. The average Bonchev–Trinajstić information content (AvgIpc) is 2.76. The van der Waals surface area contributed by atoms with Crippen molar-refractivity contribution in [3.05, 3.63) is 29.8 Å². The van der Waals surface area contributed by atoms with Gasteiger partial charge in [0.1, 0.15) is 0 Å². The van der Waals surface area contributed by atoms with E-state index in [0.717, 1.165) is 32.1 Å². The maximum absolute atomic E-state index is 12.6. The van der Waals surface area contributed by atoms with Crippen LogP contribution >= 0.6 is 0 Å². The van der Waals surface area contributed by atoms with E-state index in [4.69, 9.17) is 0 Å². The quantitative estimate of drug-likeness (QED) is 0.848. The van der Waals surface area contributed by atoms with Crippen molar-refractivity contribution in [2.75, 3.05) is 13.1 Å². The zero-order valence-corrected chi connectivity index (χ0v) is 13.3. The molecule has 1 unspecified atom stereocenters. The van der Waals surface area contributed by atoms with Gasteiger partial charge in [0.25, 0.3) is 0 Å². The summed E-state index contributed by atoms with van der Waals surface area (Å²) in [5.74, 6) is 0.477. The topological polar surface area (TPSA) is 37.4 Å². The Labute approximate surface area is 123 Å². The Morgan fingerprint density at radius 3 is 2.10 bits per heavy atom. The molecule has 0 N–H and O–H groups in total. The number of rotatable bonds is 4. The molecule has 1 aromatic carbocycles. The van der Waals surface area contributed by atoms with Crippen molar-refractivity contribution >= 4 is 10.0 Å². The van der Waals surface area contributed by atoms with Crippen LogP contribution in [0.2, 0.25) is 0 Å². The predicted octanol–water partition coefficient (Wildman–Crippen LogP) is 3.76. The number of benzene rings is 1. The summed E-state index contributed by atoms with van der Waals surface area (Å²) in [6.07, 6.45) is 5.30. The van der Waals surface area contributed by atoms with E-state index in [1.165, 1.54) is 5.56 Å². The minimum Gasteiger partial charge on any atom is -0.207 e. The maximum atomic E-state index is 12.6. The van der Waals surface area contributed by atoms with E-state index in [9.17, 15) is 8.42 Å². The molecular formula is C16H25NO2S. The zero-order chi connectivity index (χ0) is 14.6. The fourth-order valence-corrected chi connectivity index (χ4v) is 4.15. The molecule has 1 aliphatic heterocycles. The van der Waals surface area contributed by atoms with Gasteiger partial charge < -0.3 is 0 Å². The molecule has 1 atom stereocenters. The van der Waals surface area contributed by atoms with Crippen molar-refractivity contribution in [3.63, 3.8) is 0 Å². The smallest absolute Gasteiger partial charge is 0.207 e. The molecule has 0 saturated carbocycles. The molecule has 20 heavy (non-hydrogen) atoms. The van der Waals surface area contributed by atoms with Gasteiger partial charge in [-0.3, -0.25) is 0 Å². The molecule has 0 aromatic heterocycles. The van der Waals surface area contributed by atoms with Gasteiger partial charge in [0.15, 0.2) is 0 Å². The van der Waals surface area contributed by atoms with E-state index >= 15 is 0 Å². The second-order valence-electron chi connectivity index (χ2n) is 5.70. The normalized spacial score (nSPS) is 19.5. The molecule has 0 aliphatic carbocycles. The lowest BCUT2D eigenvalue weighted by Crippen LogP contribution is -2.31. The highest BCUT2D eigenvalue weighted by Crippen LogP contribution is 2.23. The molecule has 1 aromatic rings. The highest BCUT2D eigenvalue weighted by atomic mass is 32.2. The van der Waals surface area contributed by atoms with Crippen LogP contribution in [0.15, 0.2) is 29.2 Å². The van der Waals surface area contributed by atoms with E-state index in [1.54, 1.807) is 16.4 Å². The summed E-state index contributed by atoms with van der Waals surface area (Å²) in [4.78, 5) is 0.437. The highest BCUT2D eigenvalue weighted by Gasteiger charge is 2.24. The highest BCUT2D eigenvalue weighted by molar-refractivity contribution is 7.89. The molecule has 1 saturated heterocycles. The number of hydrogen-bond donors (Lipinski definition) is 0. The zero-order valence-electron chi connectivity index (χ0n) is 12.5. The van der Waals surface area contributed by atoms with Crippen molar-refractivity contribution in [3.8, 4) is 0 Å². The van der Waals surface area contributed by atoms with E-state index in [-0.39, 0.29) is 0 Å². The van der Waals surface area contributed by atoms with Crippen molar-refractivity contribution in [2.24, 2.45) is 0 Å². The van der Waals surface area contributed by atoms with Gasteiger partial charge in [0, 0.05) is 13.1 Å². The minimum atomic E-state index is -3.30. The van der Waals surface area contributed by atoms with Crippen LogP contribution in [0.5, 0.6) is 0 Å². The van der Waals surface area contributed by atoms with E-state index in [0.29, 0.717) is 23.9 Å². The Morgan fingerprint density at radius 1 is 1.05 bits per heavy atom. The van der Waals surface area contributed by atoms with Crippen LogP contribution in [-0.4, -0.2) is 25.8 Å². The molecule has 1 fully saturated rings. The molecule has 1 heterocycles.